The predicted octanol–water partition coefficient (Wildman–Crippen LogP) is 4.64. The minimum absolute atomic E-state index is 0.101. The summed E-state index contributed by atoms with van der Waals surface area (Å²) in [5.74, 6) is 1.15. The van der Waals surface area contributed by atoms with Crippen molar-refractivity contribution in [2.75, 3.05) is 0 Å². The van der Waals surface area contributed by atoms with E-state index in [1.807, 2.05) is 0 Å². The Balaban J connectivity index is 4.64. The zero-order valence-corrected chi connectivity index (χ0v) is 12.2. The van der Waals surface area contributed by atoms with Crippen molar-refractivity contribution < 1.29 is 5.11 Å². The van der Waals surface area contributed by atoms with Gasteiger partial charge in [0.2, 0.25) is 0 Å². The van der Waals surface area contributed by atoms with Gasteiger partial charge in [-0.15, -0.1) is 0 Å². The number of aliphatic hydroxyl groups is 1. The van der Waals surface area contributed by atoms with E-state index >= 15 is 0 Å². The lowest BCUT2D eigenvalue weighted by Crippen LogP contribution is -2.38. The van der Waals surface area contributed by atoms with E-state index in [0.717, 1.165) is 25.7 Å². The topological polar surface area (TPSA) is 20.2 Å². The Morgan fingerprint density at radius 2 is 1.69 bits per heavy atom. The third-order valence-corrected chi connectivity index (χ3v) is 4.03. The van der Waals surface area contributed by atoms with Crippen molar-refractivity contribution in [3.63, 3.8) is 0 Å². The first-order chi connectivity index (χ1) is 7.41. The average molecular weight is 228 g/mol. The van der Waals surface area contributed by atoms with Crippen molar-refractivity contribution in [1.29, 1.82) is 0 Å². The Morgan fingerprint density at radius 1 is 1.12 bits per heavy atom. The number of hydrogen-bond donors (Lipinski definition) is 1. The molecule has 0 heterocycles. The molecule has 0 aromatic heterocycles. The summed E-state index contributed by atoms with van der Waals surface area (Å²) >= 11 is 0. The third-order valence-electron chi connectivity index (χ3n) is 4.03. The van der Waals surface area contributed by atoms with Gasteiger partial charge in [0.25, 0.3) is 0 Å². The van der Waals surface area contributed by atoms with Crippen molar-refractivity contribution >= 4 is 0 Å². The minimum atomic E-state index is -0.134. The molecule has 1 N–H and O–H groups in total. The summed E-state index contributed by atoms with van der Waals surface area (Å²) in [7, 11) is 0. The highest BCUT2D eigenvalue weighted by Gasteiger charge is 2.35. The van der Waals surface area contributed by atoms with Crippen LogP contribution in [0, 0.1) is 17.3 Å². The van der Waals surface area contributed by atoms with Gasteiger partial charge in [-0.2, -0.15) is 0 Å². The first-order valence-electron chi connectivity index (χ1n) is 7.09. The number of hydrogen-bond acceptors (Lipinski definition) is 1. The van der Waals surface area contributed by atoms with Gasteiger partial charge >= 0.3 is 0 Å². The summed E-state index contributed by atoms with van der Waals surface area (Å²) in [4.78, 5) is 0. The molecule has 0 aromatic carbocycles. The Labute approximate surface area is 103 Å². The summed E-state index contributed by atoms with van der Waals surface area (Å²) < 4.78 is 0. The molecule has 0 aromatic rings. The van der Waals surface area contributed by atoms with Gasteiger partial charge < -0.3 is 5.11 Å². The monoisotopic (exact) mass is 228 g/mol. The molecule has 0 fully saturated rings. The zero-order valence-electron chi connectivity index (χ0n) is 12.2. The van der Waals surface area contributed by atoms with Gasteiger partial charge in [-0.1, -0.05) is 54.4 Å². The van der Waals surface area contributed by atoms with Gasteiger partial charge in [0.1, 0.15) is 0 Å². The molecule has 0 amide bonds. The SMILES string of the molecule is CCCC(CC)C(O)C(C)(CC)CC(C)C. The highest BCUT2D eigenvalue weighted by atomic mass is 16.3. The molecule has 3 unspecified atom stereocenters. The van der Waals surface area contributed by atoms with Crippen LogP contribution in [-0.2, 0) is 0 Å². The normalized spacial score (nSPS) is 19.5. The van der Waals surface area contributed by atoms with Crippen LogP contribution in [0.3, 0.4) is 0 Å². The summed E-state index contributed by atoms with van der Waals surface area (Å²) in [6.07, 6.45) is 5.51. The van der Waals surface area contributed by atoms with Crippen LogP contribution < -0.4 is 0 Å². The second-order valence-electron chi connectivity index (χ2n) is 6.01. The molecule has 3 atom stereocenters. The van der Waals surface area contributed by atoms with E-state index in [9.17, 15) is 5.11 Å². The van der Waals surface area contributed by atoms with Crippen LogP contribution in [0.25, 0.3) is 0 Å². The maximum absolute atomic E-state index is 10.6. The van der Waals surface area contributed by atoms with E-state index in [0.29, 0.717) is 11.8 Å². The Bertz CT molecular complexity index is 176. The molecule has 16 heavy (non-hydrogen) atoms. The molecule has 0 aliphatic rings. The van der Waals surface area contributed by atoms with Gasteiger partial charge in [0.05, 0.1) is 6.10 Å². The van der Waals surface area contributed by atoms with Crippen LogP contribution in [0.2, 0.25) is 0 Å². The van der Waals surface area contributed by atoms with Crippen LogP contribution >= 0.6 is 0 Å². The highest BCUT2D eigenvalue weighted by molar-refractivity contribution is 4.86. The van der Waals surface area contributed by atoms with E-state index in [4.69, 9.17) is 0 Å². The molecule has 1 nitrogen and oxygen atoms in total. The molecule has 0 saturated carbocycles. The molecule has 0 aliphatic carbocycles. The Kier molecular flexibility index (Phi) is 7.30. The van der Waals surface area contributed by atoms with Crippen molar-refractivity contribution in [2.24, 2.45) is 17.3 Å². The fraction of sp³-hybridized carbons (Fsp3) is 1.00. The lowest BCUT2D eigenvalue weighted by Gasteiger charge is -2.39. The third kappa shape index (κ3) is 4.45. The number of rotatable bonds is 8. The van der Waals surface area contributed by atoms with Crippen LogP contribution in [0.5, 0.6) is 0 Å². The summed E-state index contributed by atoms with van der Waals surface area (Å²) in [6, 6.07) is 0. The summed E-state index contributed by atoms with van der Waals surface area (Å²) in [5, 5.41) is 10.6. The van der Waals surface area contributed by atoms with E-state index in [2.05, 4.69) is 41.5 Å². The molecular weight excluding hydrogens is 196 g/mol. The molecule has 0 radical (unpaired) electrons. The van der Waals surface area contributed by atoms with E-state index in [1.165, 1.54) is 6.42 Å². The summed E-state index contributed by atoms with van der Waals surface area (Å²) in [5.41, 5.74) is 0.101. The molecule has 0 saturated heterocycles. The average Bonchev–Trinajstić information content (AvgIpc) is 2.23. The molecule has 1 heteroatoms. The van der Waals surface area contributed by atoms with Crippen LogP contribution in [-0.4, -0.2) is 11.2 Å². The van der Waals surface area contributed by atoms with E-state index in [-0.39, 0.29) is 11.5 Å². The van der Waals surface area contributed by atoms with E-state index in [1.54, 1.807) is 0 Å². The molecule has 0 bridgehead atoms. The van der Waals surface area contributed by atoms with Crippen LogP contribution in [0.15, 0.2) is 0 Å². The van der Waals surface area contributed by atoms with Crippen molar-refractivity contribution in [3.05, 3.63) is 0 Å². The lowest BCUT2D eigenvalue weighted by molar-refractivity contribution is -0.0278. The van der Waals surface area contributed by atoms with Gasteiger partial charge in [-0.25, -0.2) is 0 Å². The van der Waals surface area contributed by atoms with Gasteiger partial charge in [0, 0.05) is 0 Å². The maximum Gasteiger partial charge on any atom is 0.0621 e. The first-order valence-corrected chi connectivity index (χ1v) is 7.09. The predicted molar refractivity (Wildman–Crippen MR) is 72.5 cm³/mol. The Morgan fingerprint density at radius 3 is 2.00 bits per heavy atom. The van der Waals surface area contributed by atoms with Crippen molar-refractivity contribution in [3.8, 4) is 0 Å². The fourth-order valence-electron chi connectivity index (χ4n) is 2.93. The van der Waals surface area contributed by atoms with Crippen molar-refractivity contribution in [2.45, 2.75) is 79.8 Å². The van der Waals surface area contributed by atoms with Gasteiger partial charge in [0.15, 0.2) is 0 Å². The number of aliphatic hydroxyl groups excluding tert-OH is 1. The molecule has 0 aliphatic heterocycles. The second-order valence-corrected chi connectivity index (χ2v) is 6.01. The standard InChI is InChI=1S/C15H32O/c1-7-10-13(8-2)14(16)15(6,9-3)11-12(4)5/h12-14,16H,7-11H2,1-6H3. The van der Waals surface area contributed by atoms with Crippen molar-refractivity contribution in [1.82, 2.24) is 0 Å². The molecule has 0 spiro atoms. The minimum Gasteiger partial charge on any atom is -0.392 e. The highest BCUT2D eigenvalue weighted by Crippen LogP contribution is 2.38. The smallest absolute Gasteiger partial charge is 0.0621 e. The molecule has 0 rings (SSSR count). The quantitative estimate of drug-likeness (QED) is 0.642. The first kappa shape index (κ1) is 16.0. The zero-order chi connectivity index (χ0) is 12.8. The molecular formula is C15H32O. The maximum atomic E-state index is 10.6. The molecule has 98 valence electrons. The second kappa shape index (κ2) is 7.32. The Hall–Kier alpha value is -0.0400. The van der Waals surface area contributed by atoms with E-state index < -0.39 is 0 Å². The lowest BCUT2D eigenvalue weighted by atomic mass is 9.69. The van der Waals surface area contributed by atoms with Crippen LogP contribution in [0.4, 0.5) is 0 Å². The van der Waals surface area contributed by atoms with Gasteiger partial charge in [-0.05, 0) is 36.5 Å². The summed E-state index contributed by atoms with van der Waals surface area (Å²) in [6.45, 7) is 13.4. The van der Waals surface area contributed by atoms with Gasteiger partial charge in [-0.3, -0.25) is 0 Å². The van der Waals surface area contributed by atoms with Crippen LogP contribution in [0.1, 0.15) is 73.6 Å². The fourth-order valence-corrected chi connectivity index (χ4v) is 2.93. The largest absolute Gasteiger partial charge is 0.392 e.